The molecule has 2 aromatic rings. The van der Waals surface area contributed by atoms with E-state index in [9.17, 15) is 29.8 Å². The third-order valence-corrected chi connectivity index (χ3v) is 3.46. The minimum Gasteiger partial charge on any atom is -0.478 e. The third-order valence-electron chi connectivity index (χ3n) is 3.46. The maximum atomic E-state index is 12.0. The molecule has 0 unspecified atom stereocenters. The highest BCUT2D eigenvalue weighted by Gasteiger charge is 2.21. The summed E-state index contributed by atoms with van der Waals surface area (Å²) in [6.45, 7) is 1.02. The Bertz CT molecular complexity index is 941. The van der Waals surface area contributed by atoms with Gasteiger partial charge in [-0.1, -0.05) is 0 Å². The van der Waals surface area contributed by atoms with Gasteiger partial charge in [-0.05, 0) is 36.8 Å². The molecule has 11 heteroatoms. The number of carbonyl (C=O) groups excluding carboxylic acids is 1. The summed E-state index contributed by atoms with van der Waals surface area (Å²) < 4.78 is 5.10. The van der Waals surface area contributed by atoms with E-state index in [0.717, 1.165) is 18.2 Å². The minimum absolute atomic E-state index is 0.0586. The first-order valence-electron chi connectivity index (χ1n) is 7.38. The van der Waals surface area contributed by atoms with Gasteiger partial charge in [0.2, 0.25) is 0 Å². The van der Waals surface area contributed by atoms with Crippen molar-refractivity contribution < 1.29 is 29.3 Å². The summed E-state index contributed by atoms with van der Waals surface area (Å²) in [6.07, 6.45) is 0. The second-order valence-electron chi connectivity index (χ2n) is 5.34. The number of amides is 1. The van der Waals surface area contributed by atoms with E-state index in [4.69, 9.17) is 9.84 Å². The molecule has 0 atom stereocenters. The molecule has 0 bridgehead atoms. The topological polar surface area (TPSA) is 162 Å². The van der Waals surface area contributed by atoms with Gasteiger partial charge in [0, 0.05) is 11.8 Å². The number of non-ortho nitro benzene ring substituents is 1. The normalized spacial score (nSPS) is 10.1. The molecule has 0 saturated heterocycles. The molecule has 0 radical (unpaired) electrons. The molecular formula is C16H13N3O8. The van der Waals surface area contributed by atoms with Gasteiger partial charge in [0.15, 0.2) is 12.4 Å². The van der Waals surface area contributed by atoms with E-state index in [2.05, 4.69) is 5.32 Å². The van der Waals surface area contributed by atoms with Gasteiger partial charge in [0.25, 0.3) is 11.6 Å². The first-order valence-corrected chi connectivity index (χ1v) is 7.38. The van der Waals surface area contributed by atoms with Crippen LogP contribution in [0.15, 0.2) is 36.4 Å². The Morgan fingerprint density at radius 1 is 1.11 bits per heavy atom. The highest BCUT2D eigenvalue weighted by molar-refractivity contribution is 5.94. The molecule has 0 aliphatic carbocycles. The number of anilines is 1. The molecular weight excluding hydrogens is 362 g/mol. The van der Waals surface area contributed by atoms with Gasteiger partial charge in [-0.3, -0.25) is 25.0 Å². The number of hydrogen-bond acceptors (Lipinski definition) is 7. The molecule has 140 valence electrons. The summed E-state index contributed by atoms with van der Waals surface area (Å²) in [4.78, 5) is 43.0. The van der Waals surface area contributed by atoms with Gasteiger partial charge in [0.1, 0.15) is 0 Å². The van der Waals surface area contributed by atoms with Crippen molar-refractivity contribution in [3.8, 4) is 5.75 Å². The molecule has 0 aromatic heterocycles. The number of carboxylic acid groups (broad SMARTS) is 1. The number of hydrogen-bond donors (Lipinski definition) is 2. The van der Waals surface area contributed by atoms with Gasteiger partial charge in [-0.25, -0.2) is 4.79 Å². The highest BCUT2D eigenvalue weighted by atomic mass is 16.6. The van der Waals surface area contributed by atoms with Crippen LogP contribution in [-0.4, -0.2) is 33.4 Å². The van der Waals surface area contributed by atoms with Crippen molar-refractivity contribution in [1.29, 1.82) is 0 Å². The number of aryl methyl sites for hydroxylation is 1. The lowest BCUT2D eigenvalue weighted by Crippen LogP contribution is -2.21. The zero-order valence-electron chi connectivity index (χ0n) is 13.9. The van der Waals surface area contributed by atoms with Crippen LogP contribution in [0.25, 0.3) is 0 Å². The summed E-state index contributed by atoms with van der Waals surface area (Å²) in [5.74, 6) is -2.04. The molecule has 0 aliphatic rings. The van der Waals surface area contributed by atoms with Crippen LogP contribution < -0.4 is 10.1 Å². The van der Waals surface area contributed by atoms with Crippen molar-refractivity contribution >= 4 is 28.9 Å². The average molecular weight is 375 g/mol. The fraction of sp³-hybridized carbons (Fsp3) is 0.125. The number of aromatic carboxylic acids is 1. The second-order valence-corrected chi connectivity index (χ2v) is 5.34. The largest absolute Gasteiger partial charge is 0.478 e. The maximum Gasteiger partial charge on any atom is 0.335 e. The number of carboxylic acids is 1. The summed E-state index contributed by atoms with van der Waals surface area (Å²) >= 11 is 0. The Labute approximate surface area is 151 Å². The Morgan fingerprint density at radius 3 is 2.37 bits per heavy atom. The number of benzene rings is 2. The molecule has 0 fully saturated rings. The van der Waals surface area contributed by atoms with E-state index in [1.165, 1.54) is 18.2 Å². The molecule has 11 nitrogen and oxygen atoms in total. The first-order chi connectivity index (χ1) is 12.7. The summed E-state index contributed by atoms with van der Waals surface area (Å²) in [7, 11) is 0. The van der Waals surface area contributed by atoms with Crippen LogP contribution in [0.5, 0.6) is 5.75 Å². The SMILES string of the molecule is Cc1cc(C(=O)O)ccc1NC(=O)COc1ccc([N+](=O)[O-])cc1[N+](=O)[O-]. The number of nitrogens with one attached hydrogen (secondary N) is 1. The minimum atomic E-state index is -1.11. The fourth-order valence-corrected chi connectivity index (χ4v) is 2.15. The number of ether oxygens (including phenoxy) is 1. The molecule has 2 rings (SSSR count). The summed E-state index contributed by atoms with van der Waals surface area (Å²) in [5, 5.41) is 33.1. The Morgan fingerprint density at radius 2 is 1.81 bits per heavy atom. The predicted molar refractivity (Wildman–Crippen MR) is 92.0 cm³/mol. The molecule has 0 aliphatic heterocycles. The van der Waals surface area contributed by atoms with Crippen LogP contribution in [0.3, 0.4) is 0 Å². The quantitative estimate of drug-likeness (QED) is 0.551. The van der Waals surface area contributed by atoms with Crippen LogP contribution in [0.1, 0.15) is 15.9 Å². The predicted octanol–water partition coefficient (Wildman–Crippen LogP) is 2.53. The van der Waals surface area contributed by atoms with Crippen molar-refractivity contribution in [3.05, 3.63) is 67.8 Å². The van der Waals surface area contributed by atoms with Crippen molar-refractivity contribution in [2.24, 2.45) is 0 Å². The average Bonchev–Trinajstić information content (AvgIpc) is 2.61. The smallest absolute Gasteiger partial charge is 0.335 e. The van der Waals surface area contributed by atoms with Crippen LogP contribution in [0.2, 0.25) is 0 Å². The fourth-order valence-electron chi connectivity index (χ4n) is 2.15. The molecule has 0 heterocycles. The van der Waals surface area contributed by atoms with Crippen molar-refractivity contribution in [3.63, 3.8) is 0 Å². The number of carbonyl (C=O) groups is 2. The monoisotopic (exact) mass is 375 g/mol. The van der Waals surface area contributed by atoms with Gasteiger partial charge in [0.05, 0.1) is 21.5 Å². The molecule has 27 heavy (non-hydrogen) atoms. The maximum absolute atomic E-state index is 12.0. The lowest BCUT2D eigenvalue weighted by atomic mass is 10.1. The molecule has 2 N–H and O–H groups in total. The van der Waals surface area contributed by atoms with E-state index >= 15 is 0 Å². The molecule has 0 saturated carbocycles. The molecule has 2 aromatic carbocycles. The summed E-state index contributed by atoms with van der Waals surface area (Å²) in [5.41, 5.74) is -0.203. The van der Waals surface area contributed by atoms with Gasteiger partial charge < -0.3 is 15.2 Å². The van der Waals surface area contributed by atoms with E-state index in [0.29, 0.717) is 11.3 Å². The zero-order chi connectivity index (χ0) is 20.1. The third kappa shape index (κ3) is 4.75. The number of nitro groups is 2. The highest BCUT2D eigenvalue weighted by Crippen LogP contribution is 2.31. The lowest BCUT2D eigenvalue weighted by Gasteiger charge is -2.10. The van der Waals surface area contributed by atoms with Crippen molar-refractivity contribution in [2.45, 2.75) is 6.92 Å². The van der Waals surface area contributed by atoms with Crippen LogP contribution >= 0.6 is 0 Å². The zero-order valence-corrected chi connectivity index (χ0v) is 13.9. The number of nitro benzene ring substituents is 2. The Hall–Kier alpha value is -4.02. The number of rotatable bonds is 7. The van der Waals surface area contributed by atoms with Crippen molar-refractivity contribution in [1.82, 2.24) is 0 Å². The standard InChI is InChI=1S/C16H13N3O8/c1-9-6-10(16(21)22)2-4-12(9)17-15(20)8-27-14-5-3-11(18(23)24)7-13(14)19(25)26/h2-7H,8H2,1H3,(H,17,20)(H,21,22). The van der Waals surface area contributed by atoms with Gasteiger partial charge in [-0.2, -0.15) is 0 Å². The van der Waals surface area contributed by atoms with Gasteiger partial charge >= 0.3 is 11.7 Å². The number of nitrogens with zero attached hydrogens (tertiary/aromatic N) is 2. The van der Waals surface area contributed by atoms with E-state index in [1.807, 2.05) is 0 Å². The van der Waals surface area contributed by atoms with Gasteiger partial charge in [-0.15, -0.1) is 0 Å². The van der Waals surface area contributed by atoms with E-state index < -0.39 is 39.7 Å². The van der Waals surface area contributed by atoms with E-state index in [-0.39, 0.29) is 11.3 Å². The second kappa shape index (κ2) is 7.91. The van der Waals surface area contributed by atoms with Crippen LogP contribution in [0, 0.1) is 27.2 Å². The first kappa shape index (κ1) is 19.3. The van der Waals surface area contributed by atoms with Crippen LogP contribution in [0.4, 0.5) is 17.1 Å². The van der Waals surface area contributed by atoms with Crippen molar-refractivity contribution in [2.75, 3.05) is 11.9 Å². The van der Waals surface area contributed by atoms with E-state index in [1.54, 1.807) is 6.92 Å². The molecule has 1 amide bonds. The summed E-state index contributed by atoms with van der Waals surface area (Å²) in [6, 6.07) is 6.89. The lowest BCUT2D eigenvalue weighted by molar-refractivity contribution is -0.394. The van der Waals surface area contributed by atoms with Crippen LogP contribution in [-0.2, 0) is 4.79 Å². The molecule has 0 spiro atoms. The Balaban J connectivity index is 2.09. The Kier molecular flexibility index (Phi) is 5.65.